The Kier molecular flexibility index (Phi) is 12.6. The summed E-state index contributed by atoms with van der Waals surface area (Å²) in [5.74, 6) is 0.526. The first-order valence-corrected chi connectivity index (χ1v) is 13.6. The van der Waals surface area contributed by atoms with Crippen LogP contribution in [0.2, 0.25) is 10.0 Å². The third-order valence-corrected chi connectivity index (χ3v) is 6.12. The average molecular weight is 557 g/mol. The van der Waals surface area contributed by atoms with E-state index >= 15 is 0 Å². The van der Waals surface area contributed by atoms with Crippen molar-refractivity contribution in [2.75, 3.05) is 26.0 Å². The summed E-state index contributed by atoms with van der Waals surface area (Å²) in [6.45, 7) is 10.3. The minimum atomic E-state index is -0.264. The maximum absolute atomic E-state index is 12.9. The molecular formula is C31H39Cl2N3O2. The molecule has 1 amide bonds. The number of amides is 1. The highest BCUT2D eigenvalue weighted by atomic mass is 35.5. The van der Waals surface area contributed by atoms with Gasteiger partial charge < -0.3 is 15.0 Å². The Morgan fingerprint density at radius 2 is 1.76 bits per heavy atom. The molecule has 0 aliphatic heterocycles. The van der Waals surface area contributed by atoms with Crippen LogP contribution in [0.15, 0.2) is 64.9 Å². The summed E-state index contributed by atoms with van der Waals surface area (Å²) in [4.78, 5) is 19.4. The Bertz CT molecular complexity index is 1210. The smallest absolute Gasteiger partial charge is 0.273 e. The molecule has 1 N–H and O–H groups in total. The number of nitrogens with one attached hydrogen (secondary N) is 1. The molecule has 0 heterocycles. The van der Waals surface area contributed by atoms with E-state index in [2.05, 4.69) is 35.5 Å². The summed E-state index contributed by atoms with van der Waals surface area (Å²) in [7, 11) is 4.12. The monoisotopic (exact) mass is 555 g/mol. The van der Waals surface area contributed by atoms with Crippen LogP contribution in [0, 0.1) is 13.8 Å². The number of rotatable bonds is 9. The summed E-state index contributed by atoms with van der Waals surface area (Å²) in [6.07, 6.45) is 10.7. The summed E-state index contributed by atoms with van der Waals surface area (Å²) in [5.41, 5.74) is 6.29. The van der Waals surface area contributed by atoms with Crippen LogP contribution in [0.25, 0.3) is 5.57 Å². The molecule has 0 saturated heterocycles. The molecule has 7 heteroatoms. The minimum absolute atomic E-state index is 0.264. The molecule has 3 rings (SSSR count). The van der Waals surface area contributed by atoms with Crippen molar-refractivity contribution in [1.82, 2.24) is 4.90 Å². The standard InChI is InChI=1S/C25H28Cl2N2O2.C6H11N/c1-6-8-23(28-12-11-16(3)21-15-19(26)9-10-22(21)27)25(30)29-24-17(4)13-20(31-7-2)14-18(24)5;1-7(2)5-6-3-4-6/h8-15H,6-7H2,1-5H3,(H,29,30);5H,3-4H2,1-2H3/b16-11+,23-8+,28-12+;. The fourth-order valence-corrected chi connectivity index (χ4v) is 4.07. The SMILES string of the molecule is CC/C=C(/N=C/C=C(\C)c1cc(Cl)ccc1Cl)C(=O)Nc1c(C)cc(OCC)cc1C.CN(C)C=C1CC1. The van der Waals surface area contributed by atoms with Gasteiger partial charge in [-0.2, -0.15) is 0 Å². The second kappa shape index (κ2) is 15.4. The number of aryl methyl sites for hydroxylation is 2. The van der Waals surface area contributed by atoms with E-state index in [1.54, 1.807) is 36.1 Å². The Labute approximate surface area is 237 Å². The number of ether oxygens (including phenoxy) is 1. The van der Waals surface area contributed by atoms with Gasteiger partial charge in [0, 0.05) is 36.0 Å². The Morgan fingerprint density at radius 1 is 1.11 bits per heavy atom. The molecular weight excluding hydrogens is 517 g/mol. The van der Waals surface area contributed by atoms with E-state index in [-0.39, 0.29) is 5.91 Å². The number of nitrogens with zero attached hydrogens (tertiary/aromatic N) is 2. The number of allylic oxidation sites excluding steroid dienone is 4. The van der Waals surface area contributed by atoms with Crippen LogP contribution in [0.5, 0.6) is 5.75 Å². The molecule has 2 aromatic rings. The maximum atomic E-state index is 12.9. The highest BCUT2D eigenvalue weighted by molar-refractivity contribution is 6.34. The average Bonchev–Trinajstić information content (AvgIpc) is 3.66. The van der Waals surface area contributed by atoms with Gasteiger partial charge in [-0.1, -0.05) is 41.8 Å². The van der Waals surface area contributed by atoms with E-state index in [0.717, 1.165) is 33.7 Å². The third kappa shape index (κ3) is 10.4. The topological polar surface area (TPSA) is 53.9 Å². The number of halogens is 2. The van der Waals surface area contributed by atoms with Gasteiger partial charge in [-0.15, -0.1) is 0 Å². The van der Waals surface area contributed by atoms with Crippen LogP contribution in [0.4, 0.5) is 5.69 Å². The van der Waals surface area contributed by atoms with Crippen LogP contribution in [0.3, 0.4) is 0 Å². The fourth-order valence-electron chi connectivity index (χ4n) is 3.63. The Balaban J connectivity index is 0.000000624. The summed E-state index contributed by atoms with van der Waals surface area (Å²) < 4.78 is 5.57. The van der Waals surface area contributed by atoms with E-state index in [1.165, 1.54) is 12.8 Å². The molecule has 1 saturated carbocycles. The first kappa shape index (κ1) is 31.2. The fraction of sp³-hybridized carbons (Fsp3) is 0.355. The van der Waals surface area contributed by atoms with Gasteiger partial charge in [-0.05, 0) is 112 Å². The summed E-state index contributed by atoms with van der Waals surface area (Å²) in [6, 6.07) is 9.13. The number of carbonyl (C=O) groups is 1. The molecule has 204 valence electrons. The predicted molar refractivity (Wildman–Crippen MR) is 164 cm³/mol. The number of hydrogen-bond donors (Lipinski definition) is 1. The zero-order chi connectivity index (χ0) is 28.2. The Hall–Kier alpha value is -3.02. The molecule has 38 heavy (non-hydrogen) atoms. The van der Waals surface area contributed by atoms with E-state index in [4.69, 9.17) is 27.9 Å². The van der Waals surface area contributed by atoms with Crippen LogP contribution in [-0.4, -0.2) is 37.7 Å². The van der Waals surface area contributed by atoms with Gasteiger partial charge >= 0.3 is 0 Å². The van der Waals surface area contributed by atoms with E-state index in [1.807, 2.05) is 52.8 Å². The zero-order valence-corrected chi connectivity index (χ0v) is 25.0. The van der Waals surface area contributed by atoms with Gasteiger partial charge in [-0.25, -0.2) is 0 Å². The van der Waals surface area contributed by atoms with Crippen LogP contribution in [-0.2, 0) is 4.79 Å². The second-order valence-corrected chi connectivity index (χ2v) is 10.2. The minimum Gasteiger partial charge on any atom is -0.494 e. The quantitative estimate of drug-likeness (QED) is 0.248. The third-order valence-electron chi connectivity index (χ3n) is 5.56. The maximum Gasteiger partial charge on any atom is 0.273 e. The molecule has 0 bridgehead atoms. The lowest BCUT2D eigenvalue weighted by atomic mass is 10.1. The lowest BCUT2D eigenvalue weighted by molar-refractivity contribution is -0.112. The number of carbonyl (C=O) groups excluding carboxylic acids is 1. The first-order valence-electron chi connectivity index (χ1n) is 12.8. The number of aliphatic imine (C=N–C) groups is 1. The zero-order valence-electron chi connectivity index (χ0n) is 23.5. The summed E-state index contributed by atoms with van der Waals surface area (Å²) in [5, 5.41) is 4.20. The largest absolute Gasteiger partial charge is 0.494 e. The number of hydrogen-bond acceptors (Lipinski definition) is 4. The van der Waals surface area contributed by atoms with Gasteiger partial charge in [0.2, 0.25) is 0 Å². The van der Waals surface area contributed by atoms with E-state index in [0.29, 0.717) is 28.8 Å². The van der Waals surface area contributed by atoms with E-state index in [9.17, 15) is 4.79 Å². The van der Waals surface area contributed by atoms with Crippen LogP contribution < -0.4 is 10.1 Å². The lowest BCUT2D eigenvalue weighted by Gasteiger charge is -2.14. The van der Waals surface area contributed by atoms with Gasteiger partial charge in [0.25, 0.3) is 5.91 Å². The Morgan fingerprint density at radius 3 is 2.29 bits per heavy atom. The van der Waals surface area contributed by atoms with E-state index < -0.39 is 0 Å². The molecule has 5 nitrogen and oxygen atoms in total. The van der Waals surface area contributed by atoms with Crippen molar-refractivity contribution >= 4 is 46.6 Å². The molecule has 0 radical (unpaired) electrons. The molecule has 1 aliphatic rings. The van der Waals surface area contributed by atoms with Crippen LogP contribution in [0.1, 0.15) is 56.7 Å². The first-order chi connectivity index (χ1) is 18.0. The highest BCUT2D eigenvalue weighted by Gasteiger charge is 2.13. The van der Waals surface area contributed by atoms with Gasteiger partial charge in [0.1, 0.15) is 11.4 Å². The van der Waals surface area contributed by atoms with Crippen molar-refractivity contribution in [3.8, 4) is 5.75 Å². The van der Waals surface area contributed by atoms with Crippen molar-refractivity contribution in [3.05, 3.63) is 86.7 Å². The van der Waals surface area contributed by atoms with Gasteiger partial charge in [0.15, 0.2) is 0 Å². The van der Waals surface area contributed by atoms with Gasteiger partial charge in [-0.3, -0.25) is 9.79 Å². The molecule has 0 atom stereocenters. The lowest BCUT2D eigenvalue weighted by Crippen LogP contribution is -2.15. The molecule has 2 aromatic carbocycles. The van der Waals surface area contributed by atoms with Crippen molar-refractivity contribution in [1.29, 1.82) is 0 Å². The normalized spacial score (nSPS) is 13.1. The molecule has 1 aliphatic carbocycles. The number of benzene rings is 2. The van der Waals surface area contributed by atoms with Crippen molar-refractivity contribution in [2.24, 2.45) is 4.99 Å². The predicted octanol–water partition coefficient (Wildman–Crippen LogP) is 8.64. The summed E-state index contributed by atoms with van der Waals surface area (Å²) >= 11 is 12.3. The van der Waals surface area contributed by atoms with Crippen molar-refractivity contribution < 1.29 is 9.53 Å². The second-order valence-electron chi connectivity index (χ2n) is 9.32. The molecule has 1 fully saturated rings. The van der Waals surface area contributed by atoms with Gasteiger partial charge in [0.05, 0.1) is 6.61 Å². The van der Waals surface area contributed by atoms with Crippen LogP contribution >= 0.6 is 23.2 Å². The molecule has 0 unspecified atom stereocenters. The number of anilines is 1. The molecule has 0 aromatic heterocycles. The molecule has 0 spiro atoms. The van der Waals surface area contributed by atoms with Crippen molar-refractivity contribution in [3.63, 3.8) is 0 Å². The van der Waals surface area contributed by atoms with Crippen molar-refractivity contribution in [2.45, 2.75) is 53.9 Å². The highest BCUT2D eigenvalue weighted by Crippen LogP contribution is 2.28.